The van der Waals surface area contributed by atoms with Crippen molar-refractivity contribution in [2.75, 3.05) is 39.3 Å². The van der Waals surface area contributed by atoms with Crippen molar-refractivity contribution in [2.45, 2.75) is 26.0 Å². The number of ether oxygens (including phenoxy) is 1. The number of sulfonamides is 1. The summed E-state index contributed by atoms with van der Waals surface area (Å²) in [4.78, 5) is 13.2. The van der Waals surface area contributed by atoms with Crippen molar-refractivity contribution in [2.24, 2.45) is 0 Å². The van der Waals surface area contributed by atoms with E-state index in [-0.39, 0.29) is 12.5 Å². The Morgan fingerprint density at radius 2 is 1.78 bits per heavy atom. The summed E-state index contributed by atoms with van der Waals surface area (Å²) in [7, 11) is -3.17. The lowest BCUT2D eigenvalue weighted by Gasteiger charge is -2.34. The van der Waals surface area contributed by atoms with Gasteiger partial charge in [0.1, 0.15) is 0 Å². The van der Waals surface area contributed by atoms with E-state index in [0.29, 0.717) is 32.8 Å². The van der Waals surface area contributed by atoms with Crippen LogP contribution in [0.1, 0.15) is 20.8 Å². The van der Waals surface area contributed by atoms with Crippen molar-refractivity contribution in [1.82, 2.24) is 9.21 Å². The maximum atomic E-state index is 11.9. The van der Waals surface area contributed by atoms with Gasteiger partial charge in [0.15, 0.2) is 0 Å². The van der Waals surface area contributed by atoms with Crippen LogP contribution in [0.5, 0.6) is 0 Å². The molecule has 1 heterocycles. The number of carbonyl (C=O) groups excluding carboxylic acids is 1. The first-order chi connectivity index (χ1) is 8.37. The minimum atomic E-state index is -3.17. The molecule has 6 nitrogen and oxygen atoms in total. The van der Waals surface area contributed by atoms with E-state index < -0.39 is 15.3 Å². The molecule has 1 saturated heterocycles. The molecule has 7 heteroatoms. The molecule has 0 radical (unpaired) electrons. The highest BCUT2D eigenvalue weighted by molar-refractivity contribution is 7.89. The van der Waals surface area contributed by atoms with Crippen LogP contribution in [0.3, 0.4) is 0 Å². The fourth-order valence-electron chi connectivity index (χ4n) is 1.83. The summed E-state index contributed by atoms with van der Waals surface area (Å²) >= 11 is 0. The predicted molar refractivity (Wildman–Crippen MR) is 68.7 cm³/mol. The lowest BCUT2D eigenvalue weighted by molar-refractivity contribution is -0.144. The zero-order valence-electron chi connectivity index (χ0n) is 11.3. The number of carbonyl (C=O) groups is 1. The average Bonchev–Trinajstić information content (AvgIpc) is 2.29. The third-order valence-corrected chi connectivity index (χ3v) is 5.22. The van der Waals surface area contributed by atoms with Crippen molar-refractivity contribution in [1.29, 1.82) is 0 Å². The molecular formula is C11H22N2O4S. The Morgan fingerprint density at radius 1 is 1.22 bits per heavy atom. The molecule has 0 N–H and O–H groups in total. The molecule has 0 aromatic carbocycles. The molecule has 106 valence electrons. The van der Waals surface area contributed by atoms with Crippen LogP contribution in [0.2, 0.25) is 0 Å². The predicted octanol–water partition coefficient (Wildman–Crippen LogP) is -0.0947. The highest BCUT2D eigenvalue weighted by Gasteiger charge is 2.29. The summed E-state index contributed by atoms with van der Waals surface area (Å²) < 4.78 is 30.2. The Bertz CT molecular complexity index is 373. The highest BCUT2D eigenvalue weighted by atomic mass is 32.2. The molecule has 1 rings (SSSR count). The zero-order chi connectivity index (χ0) is 13.8. The van der Waals surface area contributed by atoms with Gasteiger partial charge in [-0.15, -0.1) is 0 Å². The van der Waals surface area contributed by atoms with Gasteiger partial charge in [-0.25, -0.2) is 8.42 Å². The second-order valence-corrected chi connectivity index (χ2v) is 7.06. The molecule has 0 aliphatic carbocycles. The number of hydrogen-bond donors (Lipinski definition) is 0. The SMILES string of the molecule is CCOC(=O)CN1CCN(S(=O)(=O)C(C)C)CC1. The van der Waals surface area contributed by atoms with E-state index in [1.165, 1.54) is 4.31 Å². The van der Waals surface area contributed by atoms with E-state index in [2.05, 4.69) is 0 Å². The van der Waals surface area contributed by atoms with Gasteiger partial charge in [-0.05, 0) is 20.8 Å². The number of hydrogen-bond acceptors (Lipinski definition) is 5. The normalized spacial score (nSPS) is 19.1. The molecule has 0 spiro atoms. The second-order valence-electron chi connectivity index (χ2n) is 4.57. The summed E-state index contributed by atoms with van der Waals surface area (Å²) in [5.41, 5.74) is 0. The van der Waals surface area contributed by atoms with Gasteiger partial charge < -0.3 is 4.74 Å². The van der Waals surface area contributed by atoms with Crippen LogP contribution in [0.25, 0.3) is 0 Å². The van der Waals surface area contributed by atoms with Crippen LogP contribution in [-0.4, -0.2) is 68.2 Å². The van der Waals surface area contributed by atoms with Crippen molar-refractivity contribution in [3.63, 3.8) is 0 Å². The van der Waals surface area contributed by atoms with E-state index >= 15 is 0 Å². The summed E-state index contributed by atoms with van der Waals surface area (Å²) in [6, 6.07) is 0. The molecule has 0 saturated carbocycles. The van der Waals surface area contributed by atoms with Crippen LogP contribution in [0, 0.1) is 0 Å². The molecule has 0 unspecified atom stereocenters. The smallest absolute Gasteiger partial charge is 0.320 e. The van der Waals surface area contributed by atoms with Crippen LogP contribution in [0.15, 0.2) is 0 Å². The highest BCUT2D eigenvalue weighted by Crippen LogP contribution is 2.12. The average molecular weight is 278 g/mol. The van der Waals surface area contributed by atoms with E-state index in [0.717, 1.165) is 0 Å². The van der Waals surface area contributed by atoms with Crippen molar-refractivity contribution >= 4 is 16.0 Å². The van der Waals surface area contributed by atoms with Gasteiger partial charge in [-0.2, -0.15) is 4.31 Å². The Hall–Kier alpha value is -0.660. The Labute approximate surface area is 109 Å². The maximum Gasteiger partial charge on any atom is 0.320 e. The van der Waals surface area contributed by atoms with Crippen LogP contribution in [-0.2, 0) is 19.6 Å². The third kappa shape index (κ3) is 3.93. The van der Waals surface area contributed by atoms with Gasteiger partial charge in [0.2, 0.25) is 10.0 Å². The summed E-state index contributed by atoms with van der Waals surface area (Å²) in [6.45, 7) is 7.78. The van der Waals surface area contributed by atoms with E-state index in [4.69, 9.17) is 4.74 Å². The molecule has 0 aromatic rings. The monoisotopic (exact) mass is 278 g/mol. The molecule has 0 atom stereocenters. The number of esters is 1. The molecule has 1 aliphatic rings. The molecule has 0 aromatic heterocycles. The Balaban J connectivity index is 2.44. The zero-order valence-corrected chi connectivity index (χ0v) is 12.1. The largest absolute Gasteiger partial charge is 0.465 e. The standard InChI is InChI=1S/C11H22N2O4S/c1-4-17-11(14)9-12-5-7-13(8-6-12)18(15,16)10(2)3/h10H,4-9H2,1-3H3. The van der Waals surface area contributed by atoms with Crippen LogP contribution in [0.4, 0.5) is 0 Å². The second kappa shape index (κ2) is 6.49. The maximum absolute atomic E-state index is 11.9. The quantitative estimate of drug-likeness (QED) is 0.657. The molecular weight excluding hydrogens is 256 g/mol. The van der Waals surface area contributed by atoms with Gasteiger partial charge in [-0.3, -0.25) is 9.69 Å². The summed E-state index contributed by atoms with van der Waals surface area (Å²) in [5.74, 6) is -0.252. The molecule has 0 amide bonds. The Morgan fingerprint density at radius 3 is 2.22 bits per heavy atom. The number of piperazine rings is 1. The lowest BCUT2D eigenvalue weighted by Crippen LogP contribution is -2.51. The van der Waals surface area contributed by atoms with Gasteiger partial charge in [0, 0.05) is 26.2 Å². The van der Waals surface area contributed by atoms with Gasteiger partial charge in [-0.1, -0.05) is 0 Å². The first-order valence-electron chi connectivity index (χ1n) is 6.25. The van der Waals surface area contributed by atoms with Crippen molar-refractivity contribution in [3.8, 4) is 0 Å². The fourth-order valence-corrected chi connectivity index (χ4v) is 3.10. The first-order valence-corrected chi connectivity index (χ1v) is 7.75. The molecule has 1 aliphatic heterocycles. The molecule has 18 heavy (non-hydrogen) atoms. The number of rotatable bonds is 5. The fraction of sp³-hybridized carbons (Fsp3) is 0.909. The Kier molecular flexibility index (Phi) is 5.55. The first kappa shape index (κ1) is 15.4. The van der Waals surface area contributed by atoms with Crippen molar-refractivity contribution < 1.29 is 17.9 Å². The van der Waals surface area contributed by atoms with Gasteiger partial charge >= 0.3 is 5.97 Å². The van der Waals surface area contributed by atoms with E-state index in [1.807, 2.05) is 4.90 Å². The van der Waals surface area contributed by atoms with Gasteiger partial charge in [0.25, 0.3) is 0 Å². The minimum Gasteiger partial charge on any atom is -0.465 e. The lowest BCUT2D eigenvalue weighted by atomic mass is 10.3. The van der Waals surface area contributed by atoms with E-state index in [9.17, 15) is 13.2 Å². The topological polar surface area (TPSA) is 66.9 Å². The van der Waals surface area contributed by atoms with Gasteiger partial charge in [0.05, 0.1) is 18.4 Å². The number of nitrogens with zero attached hydrogens (tertiary/aromatic N) is 2. The summed E-state index contributed by atoms with van der Waals surface area (Å²) in [6.07, 6.45) is 0. The summed E-state index contributed by atoms with van der Waals surface area (Å²) in [5, 5.41) is -0.394. The van der Waals surface area contributed by atoms with Crippen molar-refractivity contribution in [3.05, 3.63) is 0 Å². The van der Waals surface area contributed by atoms with Crippen LogP contribution < -0.4 is 0 Å². The minimum absolute atomic E-state index is 0.239. The van der Waals surface area contributed by atoms with Crippen LogP contribution >= 0.6 is 0 Å². The third-order valence-electron chi connectivity index (χ3n) is 2.94. The van der Waals surface area contributed by atoms with E-state index in [1.54, 1.807) is 20.8 Å². The molecule has 1 fully saturated rings. The molecule has 0 bridgehead atoms.